The van der Waals surface area contributed by atoms with E-state index in [0.717, 1.165) is 41.4 Å². The Morgan fingerprint density at radius 1 is 1.06 bits per heavy atom. The molecule has 7 heteroatoms. The maximum Gasteiger partial charge on any atom is 0.132 e. The molecule has 0 amide bonds. The molecule has 0 aromatic heterocycles. The number of hydrogen-bond acceptors (Lipinski definition) is 5. The van der Waals surface area contributed by atoms with Crippen LogP contribution >= 0.6 is 34.2 Å². The van der Waals surface area contributed by atoms with E-state index in [9.17, 15) is 5.11 Å². The van der Waals surface area contributed by atoms with Crippen molar-refractivity contribution in [3.05, 3.63) is 57.2 Å². The molecule has 182 valence electrons. The summed E-state index contributed by atoms with van der Waals surface area (Å²) in [5, 5.41) is 10.3. The summed E-state index contributed by atoms with van der Waals surface area (Å²) >= 11 is 8.22. The van der Waals surface area contributed by atoms with E-state index in [1.165, 1.54) is 11.1 Å². The molecular weight excluding hydrogens is 549 g/mol. The molecule has 0 aliphatic carbocycles. The molecule has 0 bridgehead atoms. The lowest BCUT2D eigenvalue weighted by Crippen LogP contribution is -2.42. The zero-order valence-electron chi connectivity index (χ0n) is 19.7. The van der Waals surface area contributed by atoms with E-state index >= 15 is 0 Å². The van der Waals surface area contributed by atoms with Gasteiger partial charge in [0.15, 0.2) is 0 Å². The van der Waals surface area contributed by atoms with Crippen LogP contribution in [0.2, 0.25) is 0 Å². The standard InChI is InChI=1S/C26H35ClINO4/c1-19(15-27)17-33-25-9-6-21(14-24(25)28)26(2,3)20-4-7-23(8-5-20)32-18-22(30)16-29-10-12-31-13-11-29/h4-9,14,19,22,30H,10-13,15-18H2,1-3H3/t19-,22-/m1/s1/i28-4. The predicted octanol–water partition coefficient (Wildman–Crippen LogP) is 4.94. The van der Waals surface area contributed by atoms with Gasteiger partial charge in [0, 0.05) is 36.8 Å². The van der Waals surface area contributed by atoms with Gasteiger partial charge in [-0.1, -0.05) is 39.0 Å². The first-order valence-electron chi connectivity index (χ1n) is 11.5. The van der Waals surface area contributed by atoms with Gasteiger partial charge in [-0.3, -0.25) is 4.90 Å². The Hall–Kier alpha value is -1.06. The molecule has 2 atom stereocenters. The second-order valence-corrected chi connectivity index (χ2v) is 10.7. The van der Waals surface area contributed by atoms with Crippen LogP contribution in [-0.4, -0.2) is 68.1 Å². The van der Waals surface area contributed by atoms with Crippen molar-refractivity contribution >= 4 is 34.2 Å². The number of benzene rings is 2. The second kappa shape index (κ2) is 12.6. The van der Waals surface area contributed by atoms with Gasteiger partial charge in [0.2, 0.25) is 0 Å². The van der Waals surface area contributed by atoms with Gasteiger partial charge >= 0.3 is 0 Å². The van der Waals surface area contributed by atoms with Gasteiger partial charge in [0.1, 0.15) is 24.2 Å². The first-order valence-corrected chi connectivity index (χ1v) is 13.1. The van der Waals surface area contributed by atoms with Crippen molar-refractivity contribution in [1.29, 1.82) is 0 Å². The normalized spacial score (nSPS) is 16.9. The van der Waals surface area contributed by atoms with E-state index in [4.69, 9.17) is 25.8 Å². The average Bonchev–Trinajstić information content (AvgIpc) is 2.82. The van der Waals surface area contributed by atoms with Gasteiger partial charge in [0.25, 0.3) is 0 Å². The second-order valence-electron chi connectivity index (χ2n) is 9.24. The van der Waals surface area contributed by atoms with E-state index in [2.05, 4.69) is 72.5 Å². The van der Waals surface area contributed by atoms with Gasteiger partial charge in [-0.2, -0.15) is 0 Å². The van der Waals surface area contributed by atoms with E-state index in [0.29, 0.717) is 24.9 Å². The van der Waals surface area contributed by atoms with Crippen molar-refractivity contribution in [2.24, 2.45) is 5.92 Å². The summed E-state index contributed by atoms with van der Waals surface area (Å²) in [6.07, 6.45) is -0.519. The van der Waals surface area contributed by atoms with Crippen molar-refractivity contribution < 1.29 is 19.3 Å². The molecule has 1 N–H and O–H groups in total. The fourth-order valence-electron chi connectivity index (χ4n) is 3.74. The van der Waals surface area contributed by atoms with Crippen LogP contribution in [0, 0.1) is 9.49 Å². The highest BCUT2D eigenvalue weighted by Gasteiger charge is 2.24. The molecular formula is C26H35ClINO4. The number of rotatable bonds is 11. The Kier molecular flexibility index (Phi) is 10.1. The third-order valence-corrected chi connectivity index (χ3v) is 7.40. The Morgan fingerprint density at radius 3 is 2.36 bits per heavy atom. The largest absolute Gasteiger partial charge is 0.492 e. The van der Waals surface area contributed by atoms with Crippen molar-refractivity contribution in [2.75, 3.05) is 51.9 Å². The molecule has 1 aliphatic rings. The number of aliphatic hydroxyl groups excluding tert-OH is 1. The molecule has 0 radical (unpaired) electrons. The molecule has 1 heterocycles. The van der Waals surface area contributed by atoms with Crippen LogP contribution in [0.1, 0.15) is 31.9 Å². The zero-order chi connectivity index (χ0) is 23.8. The molecule has 33 heavy (non-hydrogen) atoms. The quantitative estimate of drug-likeness (QED) is 0.300. The van der Waals surface area contributed by atoms with Crippen LogP contribution in [0.15, 0.2) is 42.5 Å². The average molecular weight is 584 g/mol. The molecule has 2 aromatic carbocycles. The van der Waals surface area contributed by atoms with Crippen LogP contribution in [0.4, 0.5) is 0 Å². The summed E-state index contributed by atoms with van der Waals surface area (Å²) in [6.45, 7) is 11.2. The van der Waals surface area contributed by atoms with Crippen molar-refractivity contribution in [3.8, 4) is 11.5 Å². The fourth-order valence-corrected chi connectivity index (χ4v) is 4.50. The third-order valence-electron chi connectivity index (χ3n) is 6.03. The topological polar surface area (TPSA) is 51.2 Å². The van der Waals surface area contributed by atoms with E-state index in [1.807, 2.05) is 18.2 Å². The Balaban J connectivity index is 1.57. The van der Waals surface area contributed by atoms with Gasteiger partial charge in [-0.05, 0) is 58.0 Å². The highest BCUT2D eigenvalue weighted by Crippen LogP contribution is 2.35. The number of alkyl halides is 1. The Morgan fingerprint density at radius 2 is 1.73 bits per heavy atom. The van der Waals surface area contributed by atoms with Crippen molar-refractivity contribution in [3.63, 3.8) is 0 Å². The molecule has 1 aliphatic heterocycles. The molecule has 2 aromatic rings. The molecule has 1 saturated heterocycles. The first-order chi connectivity index (χ1) is 15.8. The van der Waals surface area contributed by atoms with Crippen molar-refractivity contribution in [1.82, 2.24) is 4.90 Å². The SMILES string of the molecule is C[C@H](CCl)COc1ccc(C(C)(C)c2ccc(OC[C@H](O)CN3CCOCC3)cc2)cc1[123I]. The van der Waals surface area contributed by atoms with Crippen LogP contribution in [0.25, 0.3) is 0 Å². The van der Waals surface area contributed by atoms with E-state index in [1.54, 1.807) is 0 Å². The smallest absolute Gasteiger partial charge is 0.132 e. The van der Waals surface area contributed by atoms with Gasteiger partial charge in [0.05, 0.1) is 23.4 Å². The zero-order valence-corrected chi connectivity index (χ0v) is 22.6. The Bertz CT molecular complexity index is 871. The van der Waals surface area contributed by atoms with Crippen LogP contribution < -0.4 is 9.47 Å². The first kappa shape index (κ1) is 26.5. The van der Waals surface area contributed by atoms with Crippen LogP contribution in [-0.2, 0) is 10.2 Å². The minimum Gasteiger partial charge on any atom is -0.492 e. The summed E-state index contributed by atoms with van der Waals surface area (Å²) in [7, 11) is 0. The summed E-state index contributed by atoms with van der Waals surface area (Å²) in [6, 6.07) is 14.5. The minimum absolute atomic E-state index is 0.170. The number of β-amino-alcohol motifs (C(OH)–C–C–N with tert-alkyl or cyclic N) is 1. The summed E-state index contributed by atoms with van der Waals surface area (Å²) < 4.78 is 18.2. The van der Waals surface area contributed by atoms with Crippen molar-refractivity contribution in [2.45, 2.75) is 32.3 Å². The van der Waals surface area contributed by atoms with E-state index in [-0.39, 0.29) is 12.0 Å². The predicted molar refractivity (Wildman–Crippen MR) is 142 cm³/mol. The maximum absolute atomic E-state index is 10.3. The van der Waals surface area contributed by atoms with Gasteiger partial charge in [-0.25, -0.2) is 0 Å². The minimum atomic E-state index is -0.519. The molecule has 0 saturated carbocycles. The lowest BCUT2D eigenvalue weighted by Gasteiger charge is -2.28. The van der Waals surface area contributed by atoms with E-state index < -0.39 is 6.10 Å². The fraction of sp³-hybridized carbons (Fsp3) is 0.538. The third kappa shape index (κ3) is 7.72. The monoisotopic (exact) mass is 583 g/mol. The number of nitrogens with zero attached hydrogens (tertiary/aromatic N) is 1. The molecule has 1 fully saturated rings. The molecule has 0 spiro atoms. The highest BCUT2D eigenvalue weighted by molar-refractivity contribution is 14.1. The van der Waals surface area contributed by atoms with Gasteiger partial charge < -0.3 is 19.3 Å². The highest BCUT2D eigenvalue weighted by atomic mass is 123. The summed E-state index contributed by atoms with van der Waals surface area (Å²) in [4.78, 5) is 2.21. The lowest BCUT2D eigenvalue weighted by molar-refractivity contribution is 0.00465. The maximum atomic E-state index is 10.3. The number of hydrogen-bond donors (Lipinski definition) is 1. The number of ether oxygens (including phenoxy) is 3. The summed E-state index contributed by atoms with van der Waals surface area (Å²) in [5.41, 5.74) is 2.25. The van der Waals surface area contributed by atoms with Crippen LogP contribution in [0.3, 0.4) is 0 Å². The van der Waals surface area contributed by atoms with Gasteiger partial charge in [-0.15, -0.1) is 11.6 Å². The molecule has 3 rings (SSSR count). The Labute approximate surface area is 216 Å². The molecule has 5 nitrogen and oxygen atoms in total. The summed E-state index contributed by atoms with van der Waals surface area (Å²) in [5.74, 6) is 2.57. The number of aliphatic hydroxyl groups is 1. The number of morpholine rings is 1. The lowest BCUT2D eigenvalue weighted by atomic mass is 9.78. The number of halogens is 2. The van der Waals surface area contributed by atoms with Crippen LogP contribution in [0.5, 0.6) is 11.5 Å². The molecule has 0 unspecified atom stereocenters.